The van der Waals surface area contributed by atoms with Crippen LogP contribution >= 0.6 is 15.9 Å². The van der Waals surface area contributed by atoms with Gasteiger partial charge in [-0.3, -0.25) is 9.69 Å². The Labute approximate surface area is 185 Å². The van der Waals surface area contributed by atoms with Crippen molar-refractivity contribution in [3.8, 4) is 5.69 Å². The quantitative estimate of drug-likeness (QED) is 0.603. The average molecular weight is 468 g/mol. The van der Waals surface area contributed by atoms with Crippen molar-refractivity contribution in [2.45, 2.75) is 6.04 Å². The Bertz CT molecular complexity index is 965. The van der Waals surface area contributed by atoms with Crippen LogP contribution in [0.1, 0.15) is 22.0 Å². The maximum Gasteiger partial charge on any atom is 0.251 e. The highest BCUT2D eigenvalue weighted by molar-refractivity contribution is 9.10. The summed E-state index contributed by atoms with van der Waals surface area (Å²) in [5.74, 6) is -0.0637. The minimum Gasteiger partial charge on any atom is -0.344 e. The van der Waals surface area contributed by atoms with Crippen molar-refractivity contribution in [2.24, 2.45) is 0 Å². The number of carbonyl (C=O) groups is 1. The van der Waals surface area contributed by atoms with Gasteiger partial charge < -0.3 is 10.2 Å². The summed E-state index contributed by atoms with van der Waals surface area (Å²) < 4.78 is 2.69. The summed E-state index contributed by atoms with van der Waals surface area (Å²) in [6.45, 7) is 4.96. The lowest BCUT2D eigenvalue weighted by molar-refractivity contribution is 0.0907. The first kappa shape index (κ1) is 20.8. The Hall–Kier alpha value is -2.48. The fraction of sp³-hybridized carbons (Fsp3) is 0.304. The molecule has 0 spiro atoms. The molecular weight excluding hydrogens is 442 g/mol. The van der Waals surface area contributed by atoms with Gasteiger partial charge in [-0.05, 0) is 52.8 Å². The van der Waals surface area contributed by atoms with E-state index in [2.05, 4.69) is 55.3 Å². The molecule has 1 atom stereocenters. The third kappa shape index (κ3) is 5.16. The summed E-state index contributed by atoms with van der Waals surface area (Å²) in [4.78, 5) is 17.8. The molecule has 0 radical (unpaired) electrons. The van der Waals surface area contributed by atoms with E-state index in [4.69, 9.17) is 0 Å². The van der Waals surface area contributed by atoms with Gasteiger partial charge in [-0.1, -0.05) is 30.3 Å². The van der Waals surface area contributed by atoms with Crippen molar-refractivity contribution in [3.05, 3.63) is 82.6 Å². The number of aromatic nitrogens is 2. The molecule has 30 heavy (non-hydrogen) atoms. The molecule has 3 aromatic rings. The van der Waals surface area contributed by atoms with E-state index in [9.17, 15) is 4.79 Å². The number of halogens is 1. The summed E-state index contributed by atoms with van der Waals surface area (Å²) in [5.41, 5.74) is 2.68. The normalized spacial score (nSPS) is 16.3. The lowest BCUT2D eigenvalue weighted by atomic mass is 10.0. The predicted molar refractivity (Wildman–Crippen MR) is 122 cm³/mol. The number of carbonyl (C=O) groups excluding carboxylic acids is 1. The van der Waals surface area contributed by atoms with Crippen molar-refractivity contribution in [2.75, 3.05) is 39.8 Å². The molecule has 7 heteroatoms. The monoisotopic (exact) mass is 467 g/mol. The minimum absolute atomic E-state index is 0.0520. The number of likely N-dealkylation sites (N-methyl/N-ethyl adjacent to an activating group) is 1. The molecule has 0 saturated carbocycles. The standard InChI is InChI=1S/C23H26BrN5O/c1-27-11-13-28(14-12-27)17-22(18-5-3-2-4-6-18)26-23(30)19-7-9-21(10-8-19)29-16-20(24)15-25-29/h2-10,15-16,22H,11-14,17H2,1H3,(H,26,30). The van der Waals surface area contributed by atoms with Crippen LogP contribution in [-0.4, -0.2) is 65.3 Å². The molecule has 1 N–H and O–H groups in total. The highest BCUT2D eigenvalue weighted by Crippen LogP contribution is 2.18. The molecule has 0 aliphatic carbocycles. The zero-order valence-corrected chi connectivity index (χ0v) is 18.6. The van der Waals surface area contributed by atoms with Crippen LogP contribution < -0.4 is 5.32 Å². The van der Waals surface area contributed by atoms with Gasteiger partial charge in [0.25, 0.3) is 5.91 Å². The second kappa shape index (κ2) is 9.55. The largest absolute Gasteiger partial charge is 0.344 e. The second-order valence-corrected chi connectivity index (χ2v) is 8.61. The third-order valence-corrected chi connectivity index (χ3v) is 5.90. The lowest BCUT2D eigenvalue weighted by Gasteiger charge is -2.35. The molecule has 0 bridgehead atoms. The summed E-state index contributed by atoms with van der Waals surface area (Å²) in [5, 5.41) is 7.53. The molecule has 6 nitrogen and oxygen atoms in total. The molecule has 1 saturated heterocycles. The van der Waals surface area contributed by atoms with Crippen LogP contribution in [0.5, 0.6) is 0 Å². The summed E-state index contributed by atoms with van der Waals surface area (Å²) in [6.07, 6.45) is 3.62. The number of hydrogen-bond donors (Lipinski definition) is 1. The molecule has 1 fully saturated rings. The number of benzene rings is 2. The van der Waals surface area contributed by atoms with Crippen LogP contribution in [0.25, 0.3) is 5.69 Å². The van der Waals surface area contributed by atoms with E-state index < -0.39 is 0 Å². The SMILES string of the molecule is CN1CCN(CC(NC(=O)c2ccc(-n3cc(Br)cn3)cc2)c2ccccc2)CC1. The fourth-order valence-corrected chi connectivity index (χ4v) is 3.94. The van der Waals surface area contributed by atoms with E-state index in [-0.39, 0.29) is 11.9 Å². The van der Waals surface area contributed by atoms with Crippen molar-refractivity contribution >= 4 is 21.8 Å². The number of nitrogens with one attached hydrogen (secondary N) is 1. The lowest BCUT2D eigenvalue weighted by Crippen LogP contribution is -2.47. The Kier molecular flexibility index (Phi) is 6.62. The van der Waals surface area contributed by atoms with E-state index >= 15 is 0 Å². The van der Waals surface area contributed by atoms with Gasteiger partial charge in [0.2, 0.25) is 0 Å². The molecule has 2 heterocycles. The third-order valence-electron chi connectivity index (χ3n) is 5.49. The van der Waals surface area contributed by atoms with Gasteiger partial charge in [0, 0.05) is 44.5 Å². The number of amides is 1. The number of piperazine rings is 1. The van der Waals surface area contributed by atoms with Crippen molar-refractivity contribution in [1.29, 1.82) is 0 Å². The van der Waals surface area contributed by atoms with E-state index in [1.54, 1.807) is 10.9 Å². The first-order valence-corrected chi connectivity index (χ1v) is 10.9. The highest BCUT2D eigenvalue weighted by Gasteiger charge is 2.21. The van der Waals surface area contributed by atoms with Gasteiger partial charge >= 0.3 is 0 Å². The Morgan fingerprint density at radius 2 is 1.77 bits per heavy atom. The predicted octanol–water partition coefficient (Wildman–Crippen LogP) is 3.35. The minimum atomic E-state index is -0.0637. The molecule has 1 aliphatic rings. The van der Waals surface area contributed by atoms with Gasteiger partial charge in [0.15, 0.2) is 0 Å². The number of rotatable bonds is 6. The van der Waals surface area contributed by atoms with Crippen molar-refractivity contribution in [1.82, 2.24) is 24.9 Å². The summed E-state index contributed by atoms with van der Waals surface area (Å²) >= 11 is 3.41. The van der Waals surface area contributed by atoms with E-state index in [0.717, 1.165) is 48.4 Å². The first-order chi connectivity index (χ1) is 14.6. The van der Waals surface area contributed by atoms with E-state index in [1.807, 2.05) is 48.7 Å². The zero-order chi connectivity index (χ0) is 20.9. The van der Waals surface area contributed by atoms with Crippen LogP contribution in [0.3, 0.4) is 0 Å². The van der Waals surface area contributed by atoms with Crippen LogP contribution in [0.4, 0.5) is 0 Å². The molecule has 1 amide bonds. The van der Waals surface area contributed by atoms with Gasteiger partial charge in [0.05, 0.1) is 22.4 Å². The van der Waals surface area contributed by atoms with Crippen LogP contribution in [-0.2, 0) is 0 Å². The van der Waals surface area contributed by atoms with E-state index in [1.165, 1.54) is 0 Å². The van der Waals surface area contributed by atoms with Gasteiger partial charge in [0.1, 0.15) is 0 Å². The van der Waals surface area contributed by atoms with Crippen molar-refractivity contribution in [3.63, 3.8) is 0 Å². The van der Waals surface area contributed by atoms with Gasteiger partial charge in [-0.15, -0.1) is 0 Å². The maximum absolute atomic E-state index is 13.0. The fourth-order valence-electron chi connectivity index (χ4n) is 3.66. The van der Waals surface area contributed by atoms with E-state index in [0.29, 0.717) is 5.56 Å². The molecule has 156 valence electrons. The van der Waals surface area contributed by atoms with Gasteiger partial charge in [-0.25, -0.2) is 4.68 Å². The highest BCUT2D eigenvalue weighted by atomic mass is 79.9. The summed E-state index contributed by atoms with van der Waals surface area (Å²) in [7, 11) is 2.15. The van der Waals surface area contributed by atoms with Crippen molar-refractivity contribution < 1.29 is 4.79 Å². The molecular formula is C23H26BrN5O. The first-order valence-electron chi connectivity index (χ1n) is 10.2. The number of nitrogens with zero attached hydrogens (tertiary/aromatic N) is 4. The second-order valence-electron chi connectivity index (χ2n) is 7.69. The molecule has 1 aromatic heterocycles. The van der Waals surface area contributed by atoms with Crippen LogP contribution in [0.2, 0.25) is 0 Å². The maximum atomic E-state index is 13.0. The average Bonchev–Trinajstić information content (AvgIpc) is 3.22. The smallest absolute Gasteiger partial charge is 0.251 e. The Morgan fingerprint density at radius 1 is 1.07 bits per heavy atom. The topological polar surface area (TPSA) is 53.4 Å². The molecule has 1 aliphatic heterocycles. The number of hydrogen-bond acceptors (Lipinski definition) is 4. The van der Waals surface area contributed by atoms with Crippen LogP contribution in [0.15, 0.2) is 71.5 Å². The Morgan fingerprint density at radius 3 is 2.40 bits per heavy atom. The van der Waals surface area contributed by atoms with Gasteiger partial charge in [-0.2, -0.15) is 5.10 Å². The summed E-state index contributed by atoms with van der Waals surface area (Å²) in [6, 6.07) is 17.7. The zero-order valence-electron chi connectivity index (χ0n) is 17.0. The molecule has 1 unspecified atom stereocenters. The molecule has 4 rings (SSSR count). The molecule has 2 aromatic carbocycles. The Balaban J connectivity index is 1.47. The van der Waals surface area contributed by atoms with Crippen LogP contribution in [0, 0.1) is 0 Å².